The molecule has 1 aliphatic rings. The van der Waals surface area contributed by atoms with Gasteiger partial charge in [0.15, 0.2) is 5.17 Å². The standard InChI is InChI=1S/C22H33N3O2S/c1-21(2,3)15-11-14(12-16(18(15)26)22(4,5)6)13-17-19(27)24-20(28-17)23-9-10-25(7)8/h11-13,26H,9-10H2,1-8H3,(H,23,24,27). The number of nitrogens with zero attached hydrogens (tertiary/aromatic N) is 2. The van der Waals surface area contributed by atoms with Crippen molar-refractivity contribution in [3.8, 4) is 5.75 Å². The van der Waals surface area contributed by atoms with Gasteiger partial charge in [0.1, 0.15) is 5.75 Å². The number of likely N-dealkylation sites (N-methyl/N-ethyl adjacent to an activating group) is 1. The van der Waals surface area contributed by atoms with E-state index in [9.17, 15) is 9.90 Å². The number of nitrogens with one attached hydrogen (secondary N) is 1. The van der Waals surface area contributed by atoms with Crippen LogP contribution >= 0.6 is 11.8 Å². The van der Waals surface area contributed by atoms with Crippen molar-refractivity contribution in [1.82, 2.24) is 10.2 Å². The lowest BCUT2D eigenvalue weighted by Crippen LogP contribution is -2.22. The number of amidine groups is 1. The number of phenols is 1. The number of benzene rings is 1. The zero-order chi connectivity index (χ0) is 21.3. The zero-order valence-electron chi connectivity index (χ0n) is 18.3. The van der Waals surface area contributed by atoms with Crippen LogP contribution in [0.1, 0.15) is 58.2 Å². The number of aromatic hydroxyl groups is 1. The van der Waals surface area contributed by atoms with Crippen molar-refractivity contribution in [3.63, 3.8) is 0 Å². The molecule has 1 fully saturated rings. The Labute approximate surface area is 173 Å². The third kappa shape index (κ3) is 5.61. The average molecular weight is 404 g/mol. The van der Waals surface area contributed by atoms with Crippen LogP contribution in [0.25, 0.3) is 6.08 Å². The lowest BCUT2D eigenvalue weighted by Gasteiger charge is -2.28. The van der Waals surface area contributed by atoms with E-state index < -0.39 is 0 Å². The molecule has 1 aliphatic heterocycles. The molecule has 6 heteroatoms. The Bertz CT molecular complexity index is 777. The number of carbonyl (C=O) groups excluding carboxylic acids is 1. The number of amides is 1. The van der Waals surface area contributed by atoms with E-state index in [1.54, 1.807) is 0 Å². The number of thioether (sulfide) groups is 1. The Morgan fingerprint density at radius 1 is 1.11 bits per heavy atom. The molecular weight excluding hydrogens is 370 g/mol. The van der Waals surface area contributed by atoms with E-state index in [1.807, 2.05) is 32.3 Å². The van der Waals surface area contributed by atoms with E-state index in [0.717, 1.165) is 23.2 Å². The second-order valence-electron chi connectivity index (χ2n) is 9.52. The third-order valence-corrected chi connectivity index (χ3v) is 5.45. The minimum absolute atomic E-state index is 0.128. The van der Waals surface area contributed by atoms with Gasteiger partial charge < -0.3 is 15.3 Å². The highest BCUT2D eigenvalue weighted by atomic mass is 32.2. The van der Waals surface area contributed by atoms with Gasteiger partial charge in [-0.05, 0) is 60.5 Å². The molecule has 0 bridgehead atoms. The molecule has 5 nitrogen and oxygen atoms in total. The average Bonchev–Trinajstić information content (AvgIpc) is 2.86. The Kier molecular flexibility index (Phi) is 6.66. The molecule has 1 saturated heterocycles. The number of aliphatic imine (C=N–C) groups is 1. The van der Waals surface area contributed by atoms with Gasteiger partial charge in [-0.3, -0.25) is 9.79 Å². The molecule has 0 saturated carbocycles. The van der Waals surface area contributed by atoms with Crippen molar-refractivity contribution in [3.05, 3.63) is 33.7 Å². The van der Waals surface area contributed by atoms with E-state index in [0.29, 0.717) is 22.4 Å². The highest BCUT2D eigenvalue weighted by molar-refractivity contribution is 8.18. The van der Waals surface area contributed by atoms with Crippen LogP contribution in [0.3, 0.4) is 0 Å². The predicted octanol–water partition coefficient (Wildman–Crippen LogP) is 4.11. The first-order valence-electron chi connectivity index (χ1n) is 9.57. The van der Waals surface area contributed by atoms with E-state index >= 15 is 0 Å². The quantitative estimate of drug-likeness (QED) is 0.743. The van der Waals surface area contributed by atoms with E-state index in [1.165, 1.54) is 11.8 Å². The van der Waals surface area contributed by atoms with Crippen LogP contribution < -0.4 is 5.32 Å². The van der Waals surface area contributed by atoms with Gasteiger partial charge in [0.05, 0.1) is 11.4 Å². The first-order valence-corrected chi connectivity index (χ1v) is 10.4. The molecule has 2 N–H and O–H groups in total. The minimum Gasteiger partial charge on any atom is -0.507 e. The second-order valence-corrected chi connectivity index (χ2v) is 10.6. The highest BCUT2D eigenvalue weighted by Crippen LogP contribution is 2.40. The fourth-order valence-corrected chi connectivity index (χ4v) is 3.73. The van der Waals surface area contributed by atoms with Gasteiger partial charge >= 0.3 is 0 Å². The largest absolute Gasteiger partial charge is 0.507 e. The summed E-state index contributed by atoms with van der Waals surface area (Å²) in [6.07, 6.45) is 1.89. The van der Waals surface area contributed by atoms with Crippen LogP contribution in [0.15, 0.2) is 22.0 Å². The zero-order valence-corrected chi connectivity index (χ0v) is 19.1. The van der Waals surface area contributed by atoms with Crippen molar-refractivity contribution in [2.75, 3.05) is 27.2 Å². The molecule has 154 valence electrons. The maximum absolute atomic E-state index is 12.4. The van der Waals surface area contributed by atoms with Gasteiger partial charge in [0.2, 0.25) is 0 Å². The molecule has 1 aromatic carbocycles. The van der Waals surface area contributed by atoms with Crippen LogP contribution in [0.2, 0.25) is 0 Å². The Hall–Kier alpha value is -1.79. The molecule has 28 heavy (non-hydrogen) atoms. The third-order valence-electron chi connectivity index (χ3n) is 4.50. The van der Waals surface area contributed by atoms with Crippen LogP contribution in [-0.4, -0.2) is 48.3 Å². The Balaban J connectivity index is 2.41. The van der Waals surface area contributed by atoms with Crippen LogP contribution in [0.4, 0.5) is 0 Å². The van der Waals surface area contributed by atoms with Gasteiger partial charge in [0.25, 0.3) is 5.91 Å². The first-order chi connectivity index (χ1) is 12.8. The molecular formula is C22H33N3O2S. The van der Waals surface area contributed by atoms with Crippen LogP contribution in [0, 0.1) is 0 Å². The van der Waals surface area contributed by atoms with Gasteiger partial charge in [-0.15, -0.1) is 0 Å². The highest BCUT2D eigenvalue weighted by Gasteiger charge is 2.28. The summed E-state index contributed by atoms with van der Waals surface area (Å²) in [5, 5.41) is 14.3. The molecule has 0 radical (unpaired) electrons. The van der Waals surface area contributed by atoms with Crippen LogP contribution in [-0.2, 0) is 15.6 Å². The maximum atomic E-state index is 12.4. The summed E-state index contributed by atoms with van der Waals surface area (Å²) < 4.78 is 0. The molecule has 1 aromatic rings. The predicted molar refractivity (Wildman–Crippen MR) is 120 cm³/mol. The molecule has 0 aliphatic carbocycles. The first kappa shape index (κ1) is 22.5. The molecule has 1 amide bonds. The normalized spacial score (nSPS) is 18.4. The SMILES string of the molecule is CN(C)CCN=C1NC(=O)C(=Cc2cc(C(C)(C)C)c(O)c(C(C)(C)C)c2)S1. The number of carbonyl (C=O) groups is 1. The van der Waals surface area contributed by atoms with Crippen molar-refractivity contribution in [2.24, 2.45) is 4.99 Å². The van der Waals surface area contributed by atoms with E-state index in [2.05, 4.69) is 56.8 Å². The fraction of sp³-hybridized carbons (Fsp3) is 0.545. The summed E-state index contributed by atoms with van der Waals surface area (Å²) in [7, 11) is 3.99. The molecule has 1 heterocycles. The van der Waals surface area contributed by atoms with E-state index in [-0.39, 0.29) is 16.7 Å². The Morgan fingerprint density at radius 3 is 2.11 bits per heavy atom. The number of hydrogen-bond acceptors (Lipinski definition) is 5. The monoisotopic (exact) mass is 403 g/mol. The molecule has 0 unspecified atom stereocenters. The summed E-state index contributed by atoms with van der Waals surface area (Å²) in [4.78, 5) is 19.5. The van der Waals surface area contributed by atoms with Gasteiger partial charge in [-0.1, -0.05) is 41.5 Å². The number of phenolic OH excluding ortho intramolecular Hbond substituents is 1. The topological polar surface area (TPSA) is 64.9 Å². The van der Waals surface area contributed by atoms with Crippen molar-refractivity contribution in [2.45, 2.75) is 52.4 Å². The minimum atomic E-state index is -0.206. The van der Waals surface area contributed by atoms with Gasteiger partial charge in [-0.25, -0.2) is 0 Å². The van der Waals surface area contributed by atoms with Crippen molar-refractivity contribution in [1.29, 1.82) is 0 Å². The van der Waals surface area contributed by atoms with Crippen molar-refractivity contribution >= 4 is 28.9 Å². The second kappa shape index (κ2) is 8.29. The fourth-order valence-electron chi connectivity index (χ4n) is 2.89. The van der Waals surface area contributed by atoms with Gasteiger partial charge in [-0.2, -0.15) is 0 Å². The smallest absolute Gasteiger partial charge is 0.264 e. The Morgan fingerprint density at radius 2 is 1.64 bits per heavy atom. The van der Waals surface area contributed by atoms with E-state index in [4.69, 9.17) is 0 Å². The van der Waals surface area contributed by atoms with Crippen molar-refractivity contribution < 1.29 is 9.90 Å². The van der Waals surface area contributed by atoms with Gasteiger partial charge in [0, 0.05) is 17.7 Å². The molecule has 0 spiro atoms. The lowest BCUT2D eigenvalue weighted by atomic mass is 9.78. The summed E-state index contributed by atoms with van der Waals surface area (Å²) in [5.74, 6) is 0.216. The maximum Gasteiger partial charge on any atom is 0.264 e. The molecule has 2 rings (SSSR count). The summed E-state index contributed by atoms with van der Waals surface area (Å²) in [6.45, 7) is 14.0. The molecule has 0 aromatic heterocycles. The van der Waals surface area contributed by atoms with Crippen LogP contribution in [0.5, 0.6) is 5.75 Å². The molecule has 0 atom stereocenters. The number of hydrogen-bond donors (Lipinski definition) is 2. The summed E-state index contributed by atoms with van der Waals surface area (Å²) in [6, 6.07) is 3.96. The summed E-state index contributed by atoms with van der Waals surface area (Å²) >= 11 is 1.37. The number of rotatable bonds is 4. The lowest BCUT2D eigenvalue weighted by molar-refractivity contribution is -0.115. The summed E-state index contributed by atoms with van der Waals surface area (Å²) in [5.41, 5.74) is 2.27.